The molecule has 2 saturated heterocycles. The molecule has 4 rings (SSSR count). The van der Waals surface area contributed by atoms with Gasteiger partial charge in [0, 0.05) is 31.6 Å². The predicted octanol–water partition coefficient (Wildman–Crippen LogP) is 2.72. The van der Waals surface area contributed by atoms with Gasteiger partial charge in [-0.05, 0) is 49.4 Å². The third-order valence-electron chi connectivity index (χ3n) is 6.37. The minimum Gasteiger partial charge on any atom is -0.465 e. The van der Waals surface area contributed by atoms with Gasteiger partial charge in [0.1, 0.15) is 11.4 Å². The standard InChI is InChI=1S/C22H25FN6O4/c23-15-1-3-16(4-2-15)26-21-17(20(25)30)12-29(27-21)19-14(11-24)5-8-28(22(31)32)18(19)13-6-9-33-10-7-13/h1-4,12-14,18-19H,5-10H2,(H2,25,30)(H,26,27)(H,31,32)/t14-,18?,19-/m0/s1. The molecule has 2 aliphatic heterocycles. The zero-order chi connectivity index (χ0) is 23.5. The Labute approximate surface area is 189 Å². The molecule has 0 aliphatic carbocycles. The zero-order valence-electron chi connectivity index (χ0n) is 17.9. The number of piperidine rings is 1. The third-order valence-corrected chi connectivity index (χ3v) is 6.37. The molecular formula is C22H25FN6O4. The quantitative estimate of drug-likeness (QED) is 0.627. The molecule has 2 amide bonds. The lowest BCUT2D eigenvalue weighted by atomic mass is 9.77. The van der Waals surface area contributed by atoms with Crippen molar-refractivity contribution >= 4 is 23.5 Å². The van der Waals surface area contributed by atoms with E-state index in [9.17, 15) is 24.3 Å². The van der Waals surface area contributed by atoms with Crippen LogP contribution < -0.4 is 11.1 Å². The molecule has 1 aromatic carbocycles. The van der Waals surface area contributed by atoms with E-state index in [4.69, 9.17) is 10.5 Å². The lowest BCUT2D eigenvalue weighted by Gasteiger charge is -2.46. The van der Waals surface area contributed by atoms with E-state index >= 15 is 0 Å². The fraction of sp³-hybridized carbons (Fsp3) is 0.455. The van der Waals surface area contributed by atoms with E-state index in [1.54, 1.807) is 0 Å². The van der Waals surface area contributed by atoms with Gasteiger partial charge in [0.2, 0.25) is 0 Å². The number of carbonyl (C=O) groups is 2. The number of nitriles is 1. The second kappa shape index (κ2) is 9.46. The second-order valence-electron chi connectivity index (χ2n) is 8.30. The number of halogens is 1. The minimum atomic E-state index is -1.06. The highest BCUT2D eigenvalue weighted by molar-refractivity contribution is 5.98. The van der Waals surface area contributed by atoms with Crippen molar-refractivity contribution in [2.75, 3.05) is 25.1 Å². The number of nitrogens with one attached hydrogen (secondary N) is 1. The van der Waals surface area contributed by atoms with Crippen LogP contribution in [0.3, 0.4) is 0 Å². The Hall–Kier alpha value is -3.65. The summed E-state index contributed by atoms with van der Waals surface area (Å²) in [5.74, 6) is -1.51. The van der Waals surface area contributed by atoms with Gasteiger partial charge < -0.3 is 25.8 Å². The number of rotatable bonds is 5. The third kappa shape index (κ3) is 4.61. The number of nitrogens with zero attached hydrogens (tertiary/aromatic N) is 4. The van der Waals surface area contributed by atoms with Crippen LogP contribution in [0.25, 0.3) is 0 Å². The monoisotopic (exact) mass is 456 g/mol. The maximum absolute atomic E-state index is 13.3. The molecule has 0 saturated carbocycles. The summed E-state index contributed by atoms with van der Waals surface area (Å²) in [6.45, 7) is 1.28. The Morgan fingerprint density at radius 3 is 2.52 bits per heavy atom. The number of likely N-dealkylation sites (tertiary alicyclic amines) is 1. The first kappa shape index (κ1) is 22.5. The maximum Gasteiger partial charge on any atom is 0.407 e. The molecule has 1 aromatic heterocycles. The van der Waals surface area contributed by atoms with Crippen molar-refractivity contribution < 1.29 is 23.8 Å². The number of nitrogens with two attached hydrogens (primary N) is 1. The molecule has 2 aromatic rings. The van der Waals surface area contributed by atoms with Gasteiger partial charge in [0.15, 0.2) is 5.82 Å². The summed E-state index contributed by atoms with van der Waals surface area (Å²) >= 11 is 0. The highest BCUT2D eigenvalue weighted by Crippen LogP contribution is 2.40. The number of anilines is 2. The molecule has 2 aliphatic rings. The average Bonchev–Trinajstić information content (AvgIpc) is 3.23. The Morgan fingerprint density at radius 2 is 1.91 bits per heavy atom. The van der Waals surface area contributed by atoms with Crippen molar-refractivity contribution in [2.45, 2.75) is 31.3 Å². The van der Waals surface area contributed by atoms with Crippen molar-refractivity contribution in [3.8, 4) is 6.07 Å². The highest BCUT2D eigenvalue weighted by atomic mass is 19.1. The topological polar surface area (TPSA) is 146 Å². The fourth-order valence-corrected chi connectivity index (χ4v) is 4.80. The van der Waals surface area contributed by atoms with Crippen molar-refractivity contribution in [3.63, 3.8) is 0 Å². The second-order valence-corrected chi connectivity index (χ2v) is 8.30. The van der Waals surface area contributed by atoms with E-state index in [0.29, 0.717) is 38.2 Å². The molecule has 11 heteroatoms. The largest absolute Gasteiger partial charge is 0.465 e. The highest BCUT2D eigenvalue weighted by Gasteiger charge is 2.46. The first-order valence-electron chi connectivity index (χ1n) is 10.8. The smallest absolute Gasteiger partial charge is 0.407 e. The molecular weight excluding hydrogens is 431 g/mol. The van der Waals surface area contributed by atoms with Crippen LogP contribution in [-0.4, -0.2) is 57.6 Å². The number of primary amides is 1. The van der Waals surface area contributed by atoms with Crippen LogP contribution in [-0.2, 0) is 4.74 Å². The number of aromatic nitrogens is 2. The number of ether oxygens (including phenoxy) is 1. The molecule has 0 radical (unpaired) electrons. The van der Waals surface area contributed by atoms with E-state index < -0.39 is 35.8 Å². The van der Waals surface area contributed by atoms with Gasteiger partial charge in [0.05, 0.1) is 24.1 Å². The summed E-state index contributed by atoms with van der Waals surface area (Å²) in [5, 5.41) is 27.3. The lowest BCUT2D eigenvalue weighted by Crippen LogP contribution is -2.55. The molecule has 33 heavy (non-hydrogen) atoms. The van der Waals surface area contributed by atoms with Gasteiger partial charge in [-0.15, -0.1) is 0 Å². The lowest BCUT2D eigenvalue weighted by molar-refractivity contribution is -0.0135. The average molecular weight is 456 g/mol. The molecule has 1 unspecified atom stereocenters. The van der Waals surface area contributed by atoms with E-state index in [1.807, 2.05) is 0 Å². The van der Waals surface area contributed by atoms with Crippen LogP contribution >= 0.6 is 0 Å². The van der Waals surface area contributed by atoms with Crippen molar-refractivity contribution in [1.82, 2.24) is 14.7 Å². The van der Waals surface area contributed by atoms with Gasteiger partial charge in [-0.1, -0.05) is 0 Å². The zero-order valence-corrected chi connectivity index (χ0v) is 17.9. The molecule has 0 bridgehead atoms. The summed E-state index contributed by atoms with van der Waals surface area (Å²) in [4.78, 5) is 25.6. The number of carboxylic acid groups (broad SMARTS) is 1. The van der Waals surface area contributed by atoms with Crippen molar-refractivity contribution in [3.05, 3.63) is 41.8 Å². The van der Waals surface area contributed by atoms with Crippen LogP contribution in [0.5, 0.6) is 0 Å². The first-order chi connectivity index (χ1) is 15.9. The molecule has 10 nitrogen and oxygen atoms in total. The van der Waals surface area contributed by atoms with Crippen LogP contribution in [0, 0.1) is 29.0 Å². The van der Waals surface area contributed by atoms with Gasteiger partial charge in [-0.2, -0.15) is 10.4 Å². The van der Waals surface area contributed by atoms with E-state index in [1.165, 1.54) is 40.0 Å². The number of benzene rings is 1. The van der Waals surface area contributed by atoms with Crippen molar-refractivity contribution in [2.24, 2.45) is 17.6 Å². The molecule has 174 valence electrons. The van der Waals surface area contributed by atoms with E-state index in [0.717, 1.165) is 0 Å². The number of hydrogen-bond donors (Lipinski definition) is 3. The van der Waals surface area contributed by atoms with Crippen LogP contribution in [0.1, 0.15) is 35.7 Å². The molecule has 3 atom stereocenters. The Kier molecular flexibility index (Phi) is 6.46. The van der Waals surface area contributed by atoms with E-state index in [2.05, 4.69) is 16.5 Å². The minimum absolute atomic E-state index is 0.0225. The SMILES string of the molecule is N#C[C@@H]1CCN(C(=O)O)C(C2CCOCC2)[C@H]1n1cc(C(N)=O)c(Nc2ccc(F)cc2)n1. The summed E-state index contributed by atoms with van der Waals surface area (Å²) in [7, 11) is 0. The summed E-state index contributed by atoms with van der Waals surface area (Å²) in [6.07, 6.45) is 2.07. The molecule has 4 N–H and O–H groups in total. The van der Waals surface area contributed by atoms with Crippen LogP contribution in [0.2, 0.25) is 0 Å². The maximum atomic E-state index is 13.3. The van der Waals surface area contributed by atoms with Gasteiger partial charge in [-0.25, -0.2) is 9.18 Å². The Morgan fingerprint density at radius 1 is 1.21 bits per heavy atom. The predicted molar refractivity (Wildman–Crippen MR) is 115 cm³/mol. The summed E-state index contributed by atoms with van der Waals surface area (Å²) in [6, 6.07) is 6.71. The molecule has 0 spiro atoms. The number of amides is 2. The van der Waals surface area contributed by atoms with Gasteiger partial charge >= 0.3 is 6.09 Å². The summed E-state index contributed by atoms with van der Waals surface area (Å²) < 4.78 is 20.2. The van der Waals surface area contributed by atoms with Crippen molar-refractivity contribution in [1.29, 1.82) is 5.26 Å². The fourth-order valence-electron chi connectivity index (χ4n) is 4.80. The van der Waals surface area contributed by atoms with Gasteiger partial charge in [-0.3, -0.25) is 9.48 Å². The first-order valence-corrected chi connectivity index (χ1v) is 10.8. The van der Waals surface area contributed by atoms with Crippen LogP contribution in [0.15, 0.2) is 30.5 Å². The number of carbonyl (C=O) groups excluding carboxylic acids is 1. The van der Waals surface area contributed by atoms with E-state index in [-0.39, 0.29) is 23.8 Å². The summed E-state index contributed by atoms with van der Waals surface area (Å²) in [5.41, 5.74) is 6.17. The molecule has 2 fully saturated rings. The van der Waals surface area contributed by atoms with Crippen LogP contribution in [0.4, 0.5) is 20.7 Å². The van der Waals surface area contributed by atoms with Gasteiger partial charge in [0.25, 0.3) is 5.91 Å². The normalized spacial score (nSPS) is 23.6. The number of hydrogen-bond acceptors (Lipinski definition) is 6. The Bertz CT molecular complexity index is 1060. The molecule has 3 heterocycles. The Balaban J connectivity index is 1.75.